The molecule has 0 bridgehead atoms. The molecule has 1 saturated carbocycles. The summed E-state index contributed by atoms with van der Waals surface area (Å²) in [7, 11) is 0. The first-order valence-electron chi connectivity index (χ1n) is 10.3. The second-order valence-corrected chi connectivity index (χ2v) is 10.9. The average Bonchev–Trinajstić information content (AvgIpc) is 3.37. The summed E-state index contributed by atoms with van der Waals surface area (Å²) in [5.74, 6) is -2.24. The van der Waals surface area contributed by atoms with Crippen LogP contribution in [0.1, 0.15) is 27.4 Å². The van der Waals surface area contributed by atoms with E-state index >= 15 is 0 Å². The number of carbonyl (C=O) groups excluding carboxylic acids is 2. The van der Waals surface area contributed by atoms with Crippen molar-refractivity contribution >= 4 is 86.9 Å². The van der Waals surface area contributed by atoms with Gasteiger partial charge in [0.25, 0.3) is 5.91 Å². The lowest BCUT2D eigenvalue weighted by molar-refractivity contribution is -0.117. The Balaban J connectivity index is 1.52. The van der Waals surface area contributed by atoms with E-state index in [2.05, 4.69) is 16.1 Å². The number of alkyl halides is 2. The number of benzene rings is 3. The Morgan fingerprint density at radius 1 is 0.886 bits per heavy atom. The Morgan fingerprint density at radius 3 is 2.23 bits per heavy atom. The summed E-state index contributed by atoms with van der Waals surface area (Å²) < 4.78 is -1.34. The van der Waals surface area contributed by atoms with Gasteiger partial charge in [-0.1, -0.05) is 40.9 Å². The van der Waals surface area contributed by atoms with E-state index in [1.54, 1.807) is 42.5 Å². The largest absolute Gasteiger partial charge is 0.326 e. The van der Waals surface area contributed by atoms with Crippen LogP contribution in [-0.2, 0) is 4.79 Å². The summed E-state index contributed by atoms with van der Waals surface area (Å²) in [6.45, 7) is 1.84. The summed E-state index contributed by atoms with van der Waals surface area (Å²) in [4.78, 5) is 25.9. The van der Waals surface area contributed by atoms with Crippen LogP contribution >= 0.6 is 58.0 Å². The van der Waals surface area contributed by atoms with Gasteiger partial charge < -0.3 is 10.6 Å². The number of rotatable bonds is 6. The zero-order chi connectivity index (χ0) is 25.5. The van der Waals surface area contributed by atoms with Crippen molar-refractivity contribution in [1.29, 1.82) is 0 Å². The van der Waals surface area contributed by atoms with Gasteiger partial charge in [0.15, 0.2) is 0 Å². The summed E-state index contributed by atoms with van der Waals surface area (Å²) in [5.41, 5.74) is 4.70. The fourth-order valence-electron chi connectivity index (χ4n) is 3.87. The Kier molecular flexibility index (Phi) is 7.44. The van der Waals surface area contributed by atoms with Gasteiger partial charge in [-0.05, 0) is 66.6 Å². The molecule has 2 unspecified atom stereocenters. The lowest BCUT2D eigenvalue weighted by atomic mass is 10.1. The first-order valence-corrected chi connectivity index (χ1v) is 12.2. The minimum absolute atomic E-state index is 0.117. The molecule has 1 aliphatic carbocycles. The monoisotopic (exact) mass is 571 g/mol. The van der Waals surface area contributed by atoms with Crippen LogP contribution < -0.4 is 16.1 Å². The molecule has 0 aromatic heterocycles. The molecule has 2 atom stereocenters. The smallest absolute Gasteiger partial charge is 0.257 e. The second-order valence-electron chi connectivity index (χ2n) is 8.13. The summed E-state index contributed by atoms with van der Waals surface area (Å²) in [5, 5.41) is 15.8. The van der Waals surface area contributed by atoms with Crippen LogP contribution in [0.5, 0.6) is 0 Å². The van der Waals surface area contributed by atoms with E-state index in [4.69, 9.17) is 58.0 Å². The Hall–Kier alpha value is -2.19. The summed E-state index contributed by atoms with van der Waals surface area (Å²) in [6, 6.07) is 14.5. The third-order valence-electron chi connectivity index (χ3n) is 5.60. The number of hydrogen-bond acceptors (Lipinski definition) is 4. The molecule has 0 aliphatic heterocycles. The SMILES string of the molecule is Cc1ccc(NC(=O)c2cc(NC(=O)C3C(c4cc(Cl)cc(Cl)c4)C3(Cl)Cl)ccc2Cl)c(NO)c1. The van der Waals surface area contributed by atoms with E-state index in [9.17, 15) is 14.8 Å². The molecule has 4 N–H and O–H groups in total. The van der Waals surface area contributed by atoms with Gasteiger partial charge in [-0.3, -0.25) is 20.3 Å². The van der Waals surface area contributed by atoms with Crippen LogP contribution in [0.2, 0.25) is 15.1 Å². The van der Waals surface area contributed by atoms with E-state index < -0.39 is 28.0 Å². The van der Waals surface area contributed by atoms with Crippen molar-refractivity contribution in [2.24, 2.45) is 5.92 Å². The molecule has 35 heavy (non-hydrogen) atoms. The van der Waals surface area contributed by atoms with E-state index in [1.165, 1.54) is 12.1 Å². The maximum Gasteiger partial charge on any atom is 0.257 e. The highest BCUT2D eigenvalue weighted by molar-refractivity contribution is 6.53. The van der Waals surface area contributed by atoms with E-state index in [0.717, 1.165) is 5.56 Å². The van der Waals surface area contributed by atoms with Crippen LogP contribution in [0.25, 0.3) is 0 Å². The number of halogens is 5. The molecule has 6 nitrogen and oxygen atoms in total. The molecule has 0 spiro atoms. The van der Waals surface area contributed by atoms with Crippen molar-refractivity contribution < 1.29 is 14.8 Å². The van der Waals surface area contributed by atoms with Crippen molar-refractivity contribution in [3.05, 3.63) is 86.4 Å². The van der Waals surface area contributed by atoms with Gasteiger partial charge in [-0.2, -0.15) is 0 Å². The second kappa shape index (κ2) is 10.1. The maximum atomic E-state index is 13.0. The normalized spacial score (nSPS) is 18.0. The lowest BCUT2D eigenvalue weighted by Crippen LogP contribution is -2.18. The number of aryl methyl sites for hydroxylation is 1. The third-order valence-corrected chi connectivity index (χ3v) is 7.31. The van der Waals surface area contributed by atoms with Gasteiger partial charge in [0.1, 0.15) is 4.33 Å². The molecule has 4 rings (SSSR count). The molecule has 0 heterocycles. The highest BCUT2D eigenvalue weighted by atomic mass is 35.5. The minimum Gasteiger partial charge on any atom is -0.326 e. The molecule has 0 radical (unpaired) electrons. The number of nitrogens with one attached hydrogen (secondary N) is 3. The zero-order valence-electron chi connectivity index (χ0n) is 18.0. The minimum atomic E-state index is -1.34. The maximum absolute atomic E-state index is 13.0. The van der Waals surface area contributed by atoms with Crippen LogP contribution in [0.15, 0.2) is 54.6 Å². The van der Waals surface area contributed by atoms with Gasteiger partial charge in [-0.15, -0.1) is 23.2 Å². The predicted octanol–water partition coefficient (Wildman–Crippen LogP) is 7.53. The Bertz CT molecular complexity index is 1310. The number of hydrogen-bond donors (Lipinski definition) is 4. The van der Waals surface area contributed by atoms with E-state index in [-0.39, 0.29) is 10.6 Å². The molecule has 3 aromatic carbocycles. The van der Waals surface area contributed by atoms with Crippen molar-refractivity contribution in [3.8, 4) is 0 Å². The van der Waals surface area contributed by atoms with Crippen LogP contribution in [0, 0.1) is 12.8 Å². The number of amides is 2. The van der Waals surface area contributed by atoms with Gasteiger partial charge in [0.2, 0.25) is 5.91 Å². The van der Waals surface area contributed by atoms with Gasteiger partial charge in [0, 0.05) is 21.7 Å². The van der Waals surface area contributed by atoms with Gasteiger partial charge in [0.05, 0.1) is 27.9 Å². The van der Waals surface area contributed by atoms with E-state index in [0.29, 0.717) is 32.7 Å². The third kappa shape index (κ3) is 5.48. The van der Waals surface area contributed by atoms with Crippen molar-refractivity contribution in [2.75, 3.05) is 16.1 Å². The molecule has 1 aliphatic rings. The fraction of sp³-hybridized carbons (Fsp3) is 0.167. The molecule has 2 amide bonds. The standard InChI is InChI=1S/C24H18Cl5N3O3/c1-11-2-5-18(19(6-11)32-35)31-22(33)16-10-15(3-4-17(16)27)30-23(34)21-20(24(21,28)29)12-7-13(25)9-14(26)8-12/h2-10,20-21,32,35H,1H3,(H,30,34)(H,31,33). The zero-order valence-corrected chi connectivity index (χ0v) is 21.8. The van der Waals surface area contributed by atoms with Gasteiger partial charge >= 0.3 is 0 Å². The first-order chi connectivity index (χ1) is 16.5. The fourth-order valence-corrected chi connectivity index (χ4v) is 5.44. The summed E-state index contributed by atoms with van der Waals surface area (Å²) in [6.07, 6.45) is 0. The summed E-state index contributed by atoms with van der Waals surface area (Å²) >= 11 is 31.2. The molecular formula is C24H18Cl5N3O3. The molecule has 182 valence electrons. The van der Waals surface area contributed by atoms with Crippen LogP contribution in [0.4, 0.5) is 17.1 Å². The van der Waals surface area contributed by atoms with Gasteiger partial charge in [-0.25, -0.2) is 0 Å². The molecule has 11 heteroatoms. The molecule has 0 saturated heterocycles. The quantitative estimate of drug-likeness (QED) is 0.181. The predicted molar refractivity (Wildman–Crippen MR) is 142 cm³/mol. The van der Waals surface area contributed by atoms with Crippen molar-refractivity contribution in [3.63, 3.8) is 0 Å². The highest BCUT2D eigenvalue weighted by Crippen LogP contribution is 2.65. The molecule has 1 fully saturated rings. The topological polar surface area (TPSA) is 90.5 Å². The molecule has 3 aromatic rings. The van der Waals surface area contributed by atoms with E-state index in [1.807, 2.05) is 6.92 Å². The number of anilines is 3. The molecular weight excluding hydrogens is 556 g/mol. The Labute approximate surface area is 226 Å². The average molecular weight is 574 g/mol. The van der Waals surface area contributed by atoms with Crippen molar-refractivity contribution in [2.45, 2.75) is 17.2 Å². The highest BCUT2D eigenvalue weighted by Gasteiger charge is 2.67. The lowest BCUT2D eigenvalue weighted by Gasteiger charge is -2.13. The Morgan fingerprint density at radius 2 is 1.57 bits per heavy atom. The van der Waals surface area contributed by atoms with Crippen LogP contribution in [-0.4, -0.2) is 21.4 Å². The number of carbonyl (C=O) groups is 2. The van der Waals surface area contributed by atoms with Crippen molar-refractivity contribution in [1.82, 2.24) is 0 Å². The first kappa shape index (κ1) is 25.9. The van der Waals surface area contributed by atoms with Crippen LogP contribution in [0.3, 0.4) is 0 Å².